The van der Waals surface area contributed by atoms with Gasteiger partial charge in [-0.3, -0.25) is 14.6 Å². The number of rotatable bonds is 4. The Labute approximate surface area is 194 Å². The Hall–Kier alpha value is -2.48. The van der Waals surface area contributed by atoms with E-state index in [1.54, 1.807) is 53.2 Å². The van der Waals surface area contributed by atoms with E-state index in [-0.39, 0.29) is 5.91 Å². The first-order valence-corrected chi connectivity index (χ1v) is 10.8. The number of aromatic nitrogens is 2. The van der Waals surface area contributed by atoms with Crippen molar-refractivity contribution in [3.05, 3.63) is 57.4 Å². The molecule has 0 aliphatic carbocycles. The molecule has 4 rings (SSSR count). The maximum absolute atomic E-state index is 13.4. The van der Waals surface area contributed by atoms with Gasteiger partial charge >= 0.3 is 0 Å². The van der Waals surface area contributed by atoms with Gasteiger partial charge in [-0.05, 0) is 19.1 Å². The zero-order valence-corrected chi connectivity index (χ0v) is 19.0. The van der Waals surface area contributed by atoms with Crippen molar-refractivity contribution in [2.24, 2.45) is 5.73 Å². The molecule has 2 amide bonds. The fourth-order valence-corrected chi connectivity index (χ4v) is 4.63. The lowest BCUT2D eigenvalue weighted by molar-refractivity contribution is -0.120. The molecular weight excluding hydrogens is 461 g/mol. The van der Waals surface area contributed by atoms with Crippen LogP contribution in [0.4, 0.5) is 5.69 Å². The molecule has 3 heterocycles. The molecule has 2 N–H and O–H groups in total. The molecule has 1 aliphatic rings. The fraction of sp³-hybridized carbons (Fsp3) is 0.286. The third-order valence-electron chi connectivity index (χ3n) is 5.57. The fourth-order valence-electron chi connectivity index (χ4n) is 3.86. The predicted octanol–water partition coefficient (Wildman–Crippen LogP) is 4.01. The molecule has 3 aromatic rings. The van der Waals surface area contributed by atoms with E-state index in [0.717, 1.165) is 11.1 Å². The topological polar surface area (TPSA) is 84.5 Å². The lowest BCUT2D eigenvalue weighted by atomic mass is 10.1. The summed E-state index contributed by atoms with van der Waals surface area (Å²) in [5.74, 6) is -0.607. The van der Waals surface area contributed by atoms with E-state index >= 15 is 0 Å². The average molecular weight is 481 g/mol. The highest BCUT2D eigenvalue weighted by Gasteiger charge is 2.28. The number of hydrogen-bond acceptors (Lipinski definition) is 4. The maximum atomic E-state index is 13.4. The zero-order chi connectivity index (χ0) is 22.3. The SMILES string of the molecule is CC(C(N)=O)n1cc(C(=O)N2CCN(c3c(Cl)cncc3Cl)CC2)c2ccc(Cl)cc21. The largest absolute Gasteiger partial charge is 0.368 e. The van der Waals surface area contributed by atoms with E-state index in [2.05, 4.69) is 4.98 Å². The number of nitrogens with two attached hydrogens (primary N) is 1. The van der Waals surface area contributed by atoms with E-state index in [1.807, 2.05) is 4.90 Å². The van der Waals surface area contributed by atoms with E-state index in [9.17, 15) is 9.59 Å². The van der Waals surface area contributed by atoms with Crippen LogP contribution in [0, 0.1) is 0 Å². The summed E-state index contributed by atoms with van der Waals surface area (Å²) in [6, 6.07) is 4.64. The minimum absolute atomic E-state index is 0.116. The summed E-state index contributed by atoms with van der Waals surface area (Å²) >= 11 is 18.7. The quantitative estimate of drug-likeness (QED) is 0.611. The number of benzene rings is 1. The van der Waals surface area contributed by atoms with E-state index in [0.29, 0.717) is 52.3 Å². The molecule has 7 nitrogen and oxygen atoms in total. The number of pyridine rings is 1. The predicted molar refractivity (Wildman–Crippen MR) is 123 cm³/mol. The molecule has 1 saturated heterocycles. The number of anilines is 1. The number of carbonyl (C=O) groups is 2. The normalized spacial score (nSPS) is 15.4. The molecule has 2 aromatic heterocycles. The van der Waals surface area contributed by atoms with Crippen molar-refractivity contribution in [1.29, 1.82) is 0 Å². The van der Waals surface area contributed by atoms with Crippen LogP contribution >= 0.6 is 34.8 Å². The second-order valence-corrected chi connectivity index (χ2v) is 8.67. The first kappa shape index (κ1) is 21.7. The molecule has 31 heavy (non-hydrogen) atoms. The summed E-state index contributed by atoms with van der Waals surface area (Å²) < 4.78 is 1.70. The molecule has 0 spiro atoms. The van der Waals surface area contributed by atoms with Crippen LogP contribution in [0.3, 0.4) is 0 Å². The minimum atomic E-state index is -0.615. The van der Waals surface area contributed by atoms with Gasteiger partial charge in [0.1, 0.15) is 6.04 Å². The molecule has 162 valence electrons. The summed E-state index contributed by atoms with van der Waals surface area (Å²) in [6.45, 7) is 3.85. The van der Waals surface area contributed by atoms with E-state index < -0.39 is 11.9 Å². The number of primary amides is 1. The van der Waals surface area contributed by atoms with Gasteiger partial charge < -0.3 is 20.1 Å². The molecule has 1 fully saturated rings. The molecule has 0 saturated carbocycles. The standard InChI is InChI=1S/C21H20Cl3N5O2/c1-12(20(25)30)29-11-15(14-3-2-13(22)8-18(14)29)21(31)28-6-4-27(5-7-28)19-16(23)9-26-10-17(19)24/h2-3,8-12H,4-7H2,1H3,(H2,25,30). The molecule has 1 aliphatic heterocycles. The van der Waals surface area contributed by atoms with Crippen LogP contribution in [-0.2, 0) is 4.79 Å². The molecule has 0 bridgehead atoms. The van der Waals surface area contributed by atoms with Gasteiger partial charge in [0.15, 0.2) is 0 Å². The number of piperazine rings is 1. The number of hydrogen-bond donors (Lipinski definition) is 1. The smallest absolute Gasteiger partial charge is 0.256 e. The Morgan fingerprint density at radius 1 is 1.06 bits per heavy atom. The Kier molecular flexibility index (Phi) is 6.01. The maximum Gasteiger partial charge on any atom is 0.256 e. The van der Waals surface area contributed by atoms with Gasteiger partial charge in [-0.2, -0.15) is 0 Å². The van der Waals surface area contributed by atoms with Gasteiger partial charge in [0.25, 0.3) is 5.91 Å². The van der Waals surface area contributed by atoms with Crippen molar-refractivity contribution in [2.75, 3.05) is 31.1 Å². The van der Waals surface area contributed by atoms with Crippen LogP contribution in [0.25, 0.3) is 10.9 Å². The summed E-state index contributed by atoms with van der Waals surface area (Å²) in [4.78, 5) is 33.0. The van der Waals surface area contributed by atoms with Crippen molar-refractivity contribution in [3.8, 4) is 0 Å². The molecule has 1 unspecified atom stereocenters. The van der Waals surface area contributed by atoms with Crippen molar-refractivity contribution < 1.29 is 9.59 Å². The lowest BCUT2D eigenvalue weighted by Gasteiger charge is -2.36. The molecule has 10 heteroatoms. The Balaban J connectivity index is 1.60. The highest BCUT2D eigenvalue weighted by molar-refractivity contribution is 6.39. The number of nitrogens with zero attached hydrogens (tertiary/aromatic N) is 4. The van der Waals surface area contributed by atoms with Gasteiger partial charge in [-0.25, -0.2) is 0 Å². The van der Waals surface area contributed by atoms with Gasteiger partial charge in [0.05, 0.1) is 26.8 Å². The molecule has 0 radical (unpaired) electrons. The van der Waals surface area contributed by atoms with E-state index in [1.165, 1.54) is 0 Å². The second-order valence-electron chi connectivity index (χ2n) is 7.42. The highest BCUT2D eigenvalue weighted by Crippen LogP contribution is 2.34. The monoisotopic (exact) mass is 479 g/mol. The molecule has 1 aromatic carbocycles. The molecule has 1 atom stereocenters. The van der Waals surface area contributed by atoms with E-state index in [4.69, 9.17) is 40.5 Å². The highest BCUT2D eigenvalue weighted by atomic mass is 35.5. The third kappa shape index (κ3) is 4.05. The number of carbonyl (C=O) groups excluding carboxylic acids is 2. The van der Waals surface area contributed by atoms with Crippen LogP contribution in [0.1, 0.15) is 23.3 Å². The summed E-state index contributed by atoms with van der Waals surface area (Å²) in [7, 11) is 0. The van der Waals surface area contributed by atoms with Crippen LogP contribution < -0.4 is 10.6 Å². The average Bonchev–Trinajstić information content (AvgIpc) is 3.11. The zero-order valence-electron chi connectivity index (χ0n) is 16.7. The summed E-state index contributed by atoms with van der Waals surface area (Å²) in [5.41, 5.74) is 7.43. The number of amides is 2. The van der Waals surface area contributed by atoms with Crippen molar-refractivity contribution in [1.82, 2.24) is 14.5 Å². The van der Waals surface area contributed by atoms with Crippen LogP contribution in [0.5, 0.6) is 0 Å². The Morgan fingerprint density at radius 3 is 2.32 bits per heavy atom. The number of halogens is 3. The van der Waals surface area contributed by atoms with Gasteiger partial charge in [0, 0.05) is 55.2 Å². The second kappa shape index (κ2) is 8.57. The first-order valence-electron chi connectivity index (χ1n) is 9.70. The summed E-state index contributed by atoms with van der Waals surface area (Å²) in [5, 5.41) is 2.20. The van der Waals surface area contributed by atoms with Crippen LogP contribution in [0.2, 0.25) is 15.1 Å². The third-order valence-corrected chi connectivity index (χ3v) is 6.36. The molecular formula is C21H20Cl3N5O2. The minimum Gasteiger partial charge on any atom is -0.368 e. The summed E-state index contributed by atoms with van der Waals surface area (Å²) in [6.07, 6.45) is 4.79. The van der Waals surface area contributed by atoms with Crippen LogP contribution in [-0.4, -0.2) is 52.4 Å². The van der Waals surface area contributed by atoms with Crippen molar-refractivity contribution >= 4 is 63.2 Å². The lowest BCUT2D eigenvalue weighted by Crippen LogP contribution is -2.49. The van der Waals surface area contributed by atoms with Gasteiger partial charge in [0.2, 0.25) is 5.91 Å². The van der Waals surface area contributed by atoms with Crippen LogP contribution in [0.15, 0.2) is 36.8 Å². The first-order chi connectivity index (χ1) is 14.8. The Morgan fingerprint density at radius 2 is 1.71 bits per heavy atom. The van der Waals surface area contributed by atoms with Gasteiger partial charge in [-0.1, -0.05) is 40.9 Å². The van der Waals surface area contributed by atoms with Gasteiger partial charge in [-0.15, -0.1) is 0 Å². The Bertz CT molecular complexity index is 1150. The van der Waals surface area contributed by atoms with Crippen molar-refractivity contribution in [2.45, 2.75) is 13.0 Å². The number of fused-ring (bicyclic) bond motifs is 1. The van der Waals surface area contributed by atoms with Crippen molar-refractivity contribution in [3.63, 3.8) is 0 Å².